The Balaban J connectivity index is 5.89. The fraction of sp³-hybridized carbons (Fsp3) is 0.594. The van der Waals surface area contributed by atoms with Gasteiger partial charge in [0.15, 0.2) is 5.60 Å². The van der Waals surface area contributed by atoms with Gasteiger partial charge in [0, 0.05) is 33.0 Å². The quantitative estimate of drug-likeness (QED) is 0.0557. The minimum absolute atomic E-state index is 0.296. The molecule has 0 unspecified atom stereocenters. The topological polar surface area (TPSA) is 76.0 Å². The number of rotatable bonds is 19. The number of ether oxygens (including phenoxy) is 3. The Morgan fingerprint density at radius 1 is 1.05 bits per heavy atom. The van der Waals surface area contributed by atoms with Crippen molar-refractivity contribution in [3.63, 3.8) is 0 Å². The largest absolute Gasteiger partial charge is 0.477 e. The first kappa shape index (κ1) is 37.0. The van der Waals surface area contributed by atoms with Crippen LogP contribution < -0.4 is 0 Å². The lowest BCUT2D eigenvalue weighted by molar-refractivity contribution is -0.163. The van der Waals surface area contributed by atoms with Gasteiger partial charge in [0.1, 0.15) is 5.76 Å². The first-order valence-corrected chi connectivity index (χ1v) is 14.2. The first-order valence-electron chi connectivity index (χ1n) is 14.2. The van der Waals surface area contributed by atoms with Crippen molar-refractivity contribution < 1.29 is 19.0 Å². The maximum absolute atomic E-state index is 12.3. The van der Waals surface area contributed by atoms with E-state index in [-0.39, 0.29) is 0 Å². The highest BCUT2D eigenvalue weighted by molar-refractivity contribution is 5.83. The van der Waals surface area contributed by atoms with Gasteiger partial charge in [0.2, 0.25) is 0 Å². The highest BCUT2D eigenvalue weighted by Crippen LogP contribution is 2.22. The summed E-state index contributed by atoms with van der Waals surface area (Å²) in [5.41, 5.74) is 3.98. The van der Waals surface area contributed by atoms with E-state index in [2.05, 4.69) is 55.6 Å². The van der Waals surface area contributed by atoms with Crippen molar-refractivity contribution in [2.45, 2.75) is 87.7 Å². The average Bonchev–Trinajstić information content (AvgIpc) is 2.89. The second kappa shape index (κ2) is 20.0. The third-order valence-corrected chi connectivity index (χ3v) is 5.90. The summed E-state index contributed by atoms with van der Waals surface area (Å²) in [6.07, 6.45) is 12.0. The molecule has 0 saturated carbocycles. The van der Waals surface area contributed by atoms with E-state index in [1.165, 1.54) is 5.57 Å². The number of methoxy groups -OCH3 is 1. The Morgan fingerprint density at radius 2 is 1.73 bits per heavy atom. The van der Waals surface area contributed by atoms with Crippen LogP contribution in [0, 0.1) is 0 Å². The molecule has 0 spiro atoms. The summed E-state index contributed by atoms with van der Waals surface area (Å²) in [5.74, 6) is 0.0146. The number of esters is 1. The summed E-state index contributed by atoms with van der Waals surface area (Å²) in [6.45, 7) is 26.3. The molecule has 0 heterocycles. The standard InChI is InChI=1S/C32H54N4O4/c1-13-17-30(22-26(6)29(9)40-32(10,11)31(37)39-16-4)24-35(20-21-38-12)23-27(7)34-36(33-15-3)28(8)19-18-25(5)14-2/h15,17-19,22H,9,13-14,16,20-21,23-24H2,1-8,10-12H3/b25-18-,26-22-,28-19+,30-17+,33-15+,34-27+. The predicted molar refractivity (Wildman–Crippen MR) is 168 cm³/mol. The fourth-order valence-electron chi connectivity index (χ4n) is 3.49. The van der Waals surface area contributed by atoms with E-state index in [9.17, 15) is 4.79 Å². The first-order chi connectivity index (χ1) is 18.8. The molecule has 0 aliphatic rings. The highest BCUT2D eigenvalue weighted by Gasteiger charge is 2.32. The van der Waals surface area contributed by atoms with Crippen LogP contribution in [0.5, 0.6) is 0 Å². The van der Waals surface area contributed by atoms with Gasteiger partial charge in [-0.3, -0.25) is 4.90 Å². The van der Waals surface area contributed by atoms with Crippen LogP contribution in [0.2, 0.25) is 0 Å². The molecule has 8 heteroatoms. The van der Waals surface area contributed by atoms with Crippen LogP contribution in [0.15, 0.2) is 69.3 Å². The predicted octanol–water partition coefficient (Wildman–Crippen LogP) is 7.03. The van der Waals surface area contributed by atoms with E-state index < -0.39 is 11.6 Å². The van der Waals surface area contributed by atoms with Crippen LogP contribution in [-0.2, 0) is 19.0 Å². The molecule has 226 valence electrons. The van der Waals surface area contributed by atoms with E-state index in [1.807, 2.05) is 33.8 Å². The van der Waals surface area contributed by atoms with Crippen LogP contribution >= 0.6 is 0 Å². The van der Waals surface area contributed by atoms with Gasteiger partial charge in [0.05, 0.1) is 24.6 Å². The molecule has 8 nitrogen and oxygen atoms in total. The third kappa shape index (κ3) is 15.0. The second-order valence-corrected chi connectivity index (χ2v) is 10.1. The highest BCUT2D eigenvalue weighted by atomic mass is 16.6. The molecule has 0 aromatic carbocycles. The summed E-state index contributed by atoms with van der Waals surface area (Å²) in [4.78, 5) is 14.6. The molecule has 0 rings (SSSR count). The van der Waals surface area contributed by atoms with E-state index in [1.54, 1.807) is 39.2 Å². The van der Waals surface area contributed by atoms with Crippen molar-refractivity contribution in [3.05, 3.63) is 59.1 Å². The Labute approximate surface area is 243 Å². The molecule has 0 aromatic heterocycles. The monoisotopic (exact) mass is 558 g/mol. The van der Waals surface area contributed by atoms with Crippen molar-refractivity contribution in [2.24, 2.45) is 10.2 Å². The molecular formula is C32H54N4O4. The Hall–Kier alpha value is -2.97. The van der Waals surface area contributed by atoms with Crippen molar-refractivity contribution >= 4 is 17.9 Å². The number of nitrogens with zero attached hydrogens (tertiary/aromatic N) is 4. The zero-order valence-electron chi connectivity index (χ0n) is 27.0. The smallest absolute Gasteiger partial charge is 0.349 e. The van der Waals surface area contributed by atoms with E-state index in [4.69, 9.17) is 19.3 Å². The fourth-order valence-corrected chi connectivity index (χ4v) is 3.49. The molecular weight excluding hydrogens is 504 g/mol. The molecule has 0 aliphatic carbocycles. The summed E-state index contributed by atoms with van der Waals surface area (Å²) < 4.78 is 16.4. The Kier molecular flexibility index (Phi) is 18.5. The van der Waals surface area contributed by atoms with Crippen LogP contribution in [0.25, 0.3) is 0 Å². The van der Waals surface area contributed by atoms with Crippen molar-refractivity contribution in [2.75, 3.05) is 40.0 Å². The number of hydrogen-bond acceptors (Lipinski definition) is 8. The van der Waals surface area contributed by atoms with Crippen LogP contribution in [-0.4, -0.2) is 73.5 Å². The van der Waals surface area contributed by atoms with E-state index in [0.717, 1.165) is 41.9 Å². The molecule has 0 saturated heterocycles. The maximum Gasteiger partial charge on any atom is 0.349 e. The number of hydrazone groups is 2. The summed E-state index contributed by atoms with van der Waals surface area (Å²) >= 11 is 0. The normalized spacial score (nSPS) is 14.2. The molecule has 0 atom stereocenters. The van der Waals surface area contributed by atoms with Crippen LogP contribution in [0.1, 0.15) is 82.1 Å². The van der Waals surface area contributed by atoms with Gasteiger partial charge in [-0.2, -0.15) is 15.3 Å². The Bertz CT molecular complexity index is 987. The summed E-state index contributed by atoms with van der Waals surface area (Å²) in [7, 11) is 1.70. The zero-order chi connectivity index (χ0) is 30.7. The summed E-state index contributed by atoms with van der Waals surface area (Å²) in [6, 6.07) is 0. The molecule has 0 fully saturated rings. The zero-order valence-corrected chi connectivity index (χ0v) is 27.0. The lowest BCUT2D eigenvalue weighted by Gasteiger charge is -2.26. The second-order valence-electron chi connectivity index (χ2n) is 10.1. The molecule has 0 radical (unpaired) electrons. The molecule has 0 aliphatic heterocycles. The SMILES string of the molecule is C=C(OC(C)(C)C(=O)OCC)/C(C)=C\C(=C/CC)CN(CCOC)C/C(C)=N/N(/N=C/C)/C(C)=C/C=C(/C)CC. The Morgan fingerprint density at radius 3 is 2.27 bits per heavy atom. The minimum Gasteiger partial charge on any atom is -0.477 e. The number of allylic oxidation sites excluding steroid dienone is 6. The van der Waals surface area contributed by atoms with Crippen molar-refractivity contribution in [1.82, 2.24) is 10.0 Å². The van der Waals surface area contributed by atoms with Crippen LogP contribution in [0.3, 0.4) is 0 Å². The van der Waals surface area contributed by atoms with E-state index >= 15 is 0 Å². The number of carbonyl (C=O) groups excluding carboxylic acids is 1. The third-order valence-electron chi connectivity index (χ3n) is 5.90. The molecule has 0 bridgehead atoms. The minimum atomic E-state index is -1.13. The van der Waals surface area contributed by atoms with Gasteiger partial charge in [-0.15, -0.1) is 0 Å². The average molecular weight is 559 g/mol. The van der Waals surface area contributed by atoms with Gasteiger partial charge in [-0.1, -0.05) is 44.2 Å². The van der Waals surface area contributed by atoms with Gasteiger partial charge < -0.3 is 14.2 Å². The van der Waals surface area contributed by atoms with Gasteiger partial charge in [-0.05, 0) is 85.5 Å². The number of carbonyl (C=O) groups is 1. The molecule has 0 aromatic rings. The van der Waals surface area contributed by atoms with Crippen molar-refractivity contribution in [1.29, 1.82) is 0 Å². The van der Waals surface area contributed by atoms with Gasteiger partial charge >= 0.3 is 5.97 Å². The molecule has 40 heavy (non-hydrogen) atoms. The number of hydrogen-bond donors (Lipinski definition) is 0. The summed E-state index contributed by atoms with van der Waals surface area (Å²) in [5, 5.41) is 10.9. The molecule has 0 amide bonds. The molecule has 0 N–H and O–H groups in total. The lowest BCUT2D eigenvalue weighted by atomic mass is 10.1. The van der Waals surface area contributed by atoms with Crippen LogP contribution in [0.4, 0.5) is 0 Å². The maximum atomic E-state index is 12.3. The van der Waals surface area contributed by atoms with Crippen molar-refractivity contribution in [3.8, 4) is 0 Å². The van der Waals surface area contributed by atoms with Gasteiger partial charge in [0.25, 0.3) is 0 Å². The lowest BCUT2D eigenvalue weighted by Crippen LogP contribution is -2.36. The van der Waals surface area contributed by atoms with E-state index in [0.29, 0.717) is 32.1 Å². The van der Waals surface area contributed by atoms with Gasteiger partial charge in [-0.25, -0.2) is 4.79 Å².